The summed E-state index contributed by atoms with van der Waals surface area (Å²) in [7, 11) is 0. The van der Waals surface area contributed by atoms with E-state index in [2.05, 4.69) is 15.8 Å². The van der Waals surface area contributed by atoms with Crippen LogP contribution in [0, 0.1) is 0 Å². The molecule has 0 saturated heterocycles. The molecule has 110 valence electrons. The SMILES string of the molecule is CCNC(=S)N/N=C\c1ccc(-c2cc(Cl)ccc2Cl)o1. The highest BCUT2D eigenvalue weighted by Gasteiger charge is 2.08. The van der Waals surface area contributed by atoms with Crippen molar-refractivity contribution in [3.8, 4) is 11.3 Å². The van der Waals surface area contributed by atoms with Gasteiger partial charge in [0.15, 0.2) is 5.11 Å². The van der Waals surface area contributed by atoms with Gasteiger partial charge in [0.2, 0.25) is 0 Å². The lowest BCUT2D eigenvalue weighted by Crippen LogP contribution is -2.31. The summed E-state index contributed by atoms with van der Waals surface area (Å²) >= 11 is 17.1. The molecule has 0 saturated carbocycles. The van der Waals surface area contributed by atoms with Gasteiger partial charge in [-0.15, -0.1) is 0 Å². The number of benzene rings is 1. The molecule has 0 spiro atoms. The Morgan fingerprint density at radius 2 is 2.14 bits per heavy atom. The topological polar surface area (TPSA) is 49.6 Å². The second-order valence-corrected chi connectivity index (χ2v) is 5.31. The van der Waals surface area contributed by atoms with Gasteiger partial charge in [0.1, 0.15) is 11.5 Å². The fourth-order valence-corrected chi connectivity index (χ4v) is 2.19. The summed E-state index contributed by atoms with van der Waals surface area (Å²) in [5, 5.41) is 8.52. The Labute approximate surface area is 138 Å². The van der Waals surface area contributed by atoms with Crippen molar-refractivity contribution in [1.29, 1.82) is 0 Å². The van der Waals surface area contributed by atoms with Gasteiger partial charge < -0.3 is 9.73 Å². The first-order chi connectivity index (χ1) is 10.1. The van der Waals surface area contributed by atoms with Crippen LogP contribution in [0.2, 0.25) is 10.0 Å². The Bertz CT molecular complexity index is 670. The number of furan rings is 1. The van der Waals surface area contributed by atoms with Crippen LogP contribution in [-0.4, -0.2) is 17.9 Å². The third-order valence-electron chi connectivity index (χ3n) is 2.52. The molecule has 0 aliphatic rings. The predicted octanol–water partition coefficient (Wildman–Crippen LogP) is 4.07. The van der Waals surface area contributed by atoms with E-state index in [1.807, 2.05) is 13.0 Å². The van der Waals surface area contributed by atoms with Crippen molar-refractivity contribution in [2.75, 3.05) is 6.54 Å². The number of hydrazone groups is 1. The second kappa shape index (κ2) is 7.45. The molecule has 4 nitrogen and oxygen atoms in total. The van der Waals surface area contributed by atoms with Crippen molar-refractivity contribution in [1.82, 2.24) is 10.7 Å². The number of rotatable bonds is 4. The van der Waals surface area contributed by atoms with Gasteiger partial charge in [0, 0.05) is 17.1 Å². The summed E-state index contributed by atoms with van der Waals surface area (Å²) in [5.74, 6) is 1.20. The molecule has 1 aromatic carbocycles. The van der Waals surface area contributed by atoms with E-state index in [4.69, 9.17) is 39.8 Å². The first kappa shape index (κ1) is 15.8. The molecule has 0 radical (unpaired) electrons. The maximum atomic E-state index is 6.13. The zero-order valence-corrected chi connectivity index (χ0v) is 13.5. The van der Waals surface area contributed by atoms with Crippen molar-refractivity contribution < 1.29 is 4.42 Å². The normalized spacial score (nSPS) is 10.8. The molecule has 21 heavy (non-hydrogen) atoms. The highest BCUT2D eigenvalue weighted by Crippen LogP contribution is 2.31. The molecule has 0 unspecified atom stereocenters. The first-order valence-corrected chi connectivity index (χ1v) is 7.38. The lowest BCUT2D eigenvalue weighted by molar-refractivity contribution is 0.574. The second-order valence-electron chi connectivity index (χ2n) is 4.06. The lowest BCUT2D eigenvalue weighted by Gasteiger charge is -2.02. The van der Waals surface area contributed by atoms with E-state index in [0.717, 1.165) is 12.1 Å². The molecule has 2 rings (SSSR count). The van der Waals surface area contributed by atoms with Crippen molar-refractivity contribution in [2.45, 2.75) is 6.92 Å². The number of hydrogen-bond acceptors (Lipinski definition) is 3. The molecule has 1 aromatic heterocycles. The Morgan fingerprint density at radius 1 is 1.33 bits per heavy atom. The van der Waals surface area contributed by atoms with Gasteiger partial charge in [0.25, 0.3) is 0 Å². The van der Waals surface area contributed by atoms with Crippen LogP contribution in [0.4, 0.5) is 0 Å². The summed E-state index contributed by atoms with van der Waals surface area (Å²) < 4.78 is 5.65. The van der Waals surface area contributed by atoms with E-state index < -0.39 is 0 Å². The molecule has 0 aliphatic carbocycles. The largest absolute Gasteiger partial charge is 0.455 e. The minimum atomic E-state index is 0.457. The number of nitrogens with one attached hydrogen (secondary N) is 2. The van der Waals surface area contributed by atoms with Gasteiger partial charge in [-0.3, -0.25) is 5.43 Å². The highest BCUT2D eigenvalue weighted by atomic mass is 35.5. The van der Waals surface area contributed by atoms with Crippen LogP contribution in [0.25, 0.3) is 11.3 Å². The molecule has 0 amide bonds. The average molecular weight is 342 g/mol. The Balaban J connectivity index is 2.09. The standard InChI is InChI=1S/C14H13Cl2N3OS/c1-2-17-14(21)19-18-8-10-4-6-13(20-10)11-7-9(15)3-5-12(11)16/h3-8H,2H2,1H3,(H2,17,19,21)/b18-8-. The van der Waals surface area contributed by atoms with Gasteiger partial charge >= 0.3 is 0 Å². The first-order valence-electron chi connectivity index (χ1n) is 6.22. The quantitative estimate of drug-likeness (QED) is 0.500. The minimum absolute atomic E-state index is 0.457. The summed E-state index contributed by atoms with van der Waals surface area (Å²) in [4.78, 5) is 0. The van der Waals surface area contributed by atoms with E-state index in [9.17, 15) is 0 Å². The van der Waals surface area contributed by atoms with Crippen molar-refractivity contribution in [3.05, 3.63) is 46.1 Å². The maximum Gasteiger partial charge on any atom is 0.186 e. The van der Waals surface area contributed by atoms with E-state index in [1.54, 1.807) is 24.3 Å². The molecule has 7 heteroatoms. The van der Waals surface area contributed by atoms with Gasteiger partial charge in [0.05, 0.1) is 11.2 Å². The molecule has 0 aliphatic heterocycles. The van der Waals surface area contributed by atoms with Gasteiger partial charge in [-0.1, -0.05) is 23.2 Å². The molecule has 0 atom stereocenters. The fraction of sp³-hybridized carbons (Fsp3) is 0.143. The molecule has 2 N–H and O–H groups in total. The minimum Gasteiger partial charge on any atom is -0.455 e. The summed E-state index contributed by atoms with van der Waals surface area (Å²) in [5.41, 5.74) is 3.42. The summed E-state index contributed by atoms with van der Waals surface area (Å²) in [6.07, 6.45) is 1.53. The Hall–Kier alpha value is -1.56. The maximum absolute atomic E-state index is 6.13. The number of halogens is 2. The average Bonchev–Trinajstić information content (AvgIpc) is 2.90. The molecular weight excluding hydrogens is 329 g/mol. The van der Waals surface area contributed by atoms with Crippen LogP contribution in [0.15, 0.2) is 39.9 Å². The lowest BCUT2D eigenvalue weighted by atomic mass is 10.2. The smallest absolute Gasteiger partial charge is 0.186 e. The summed E-state index contributed by atoms with van der Waals surface area (Å²) in [6.45, 7) is 2.69. The van der Waals surface area contributed by atoms with Gasteiger partial charge in [-0.25, -0.2) is 0 Å². The highest BCUT2D eigenvalue weighted by molar-refractivity contribution is 7.80. The Kier molecular flexibility index (Phi) is 5.61. The zero-order chi connectivity index (χ0) is 15.2. The monoisotopic (exact) mass is 341 g/mol. The third-order valence-corrected chi connectivity index (χ3v) is 3.32. The van der Waals surface area contributed by atoms with Crippen LogP contribution >= 0.6 is 35.4 Å². The van der Waals surface area contributed by atoms with Crippen molar-refractivity contribution in [2.24, 2.45) is 5.10 Å². The predicted molar refractivity (Wildman–Crippen MR) is 91.2 cm³/mol. The van der Waals surface area contributed by atoms with Crippen LogP contribution in [0.1, 0.15) is 12.7 Å². The molecule has 2 aromatic rings. The van der Waals surface area contributed by atoms with Crippen LogP contribution < -0.4 is 10.7 Å². The number of thiocarbonyl (C=S) groups is 1. The van der Waals surface area contributed by atoms with Crippen LogP contribution in [-0.2, 0) is 0 Å². The number of hydrogen-bond donors (Lipinski definition) is 2. The van der Waals surface area contributed by atoms with Crippen LogP contribution in [0.5, 0.6) is 0 Å². The molecule has 1 heterocycles. The number of nitrogens with zero attached hydrogens (tertiary/aromatic N) is 1. The summed E-state index contributed by atoms with van der Waals surface area (Å²) in [6, 6.07) is 8.80. The van der Waals surface area contributed by atoms with E-state index in [0.29, 0.717) is 26.7 Å². The van der Waals surface area contributed by atoms with Crippen molar-refractivity contribution >= 4 is 46.7 Å². The van der Waals surface area contributed by atoms with Gasteiger partial charge in [-0.2, -0.15) is 5.10 Å². The van der Waals surface area contributed by atoms with E-state index >= 15 is 0 Å². The fourth-order valence-electron chi connectivity index (χ4n) is 1.61. The van der Waals surface area contributed by atoms with E-state index in [1.165, 1.54) is 6.21 Å². The Morgan fingerprint density at radius 3 is 2.90 bits per heavy atom. The van der Waals surface area contributed by atoms with Gasteiger partial charge in [-0.05, 0) is 49.5 Å². The van der Waals surface area contributed by atoms with E-state index in [-0.39, 0.29) is 0 Å². The van der Waals surface area contributed by atoms with Crippen molar-refractivity contribution in [3.63, 3.8) is 0 Å². The van der Waals surface area contributed by atoms with Crippen LogP contribution in [0.3, 0.4) is 0 Å². The molecular formula is C14H13Cl2N3OS. The molecule has 0 bridgehead atoms. The zero-order valence-electron chi connectivity index (χ0n) is 11.2. The molecule has 0 fully saturated rings. The third kappa shape index (κ3) is 4.46.